The van der Waals surface area contributed by atoms with Gasteiger partial charge in [0.1, 0.15) is 0 Å². The monoisotopic (exact) mass is 401 g/mol. The number of nitrogens with one attached hydrogen (secondary N) is 1. The highest BCUT2D eigenvalue weighted by molar-refractivity contribution is 8.00. The number of carbonyl (C=O) groups is 2. The smallest absolute Gasteiger partial charge is 0.325 e. The minimum atomic E-state index is -4.56. The second-order valence-electron chi connectivity index (χ2n) is 5.52. The molecule has 0 aliphatic carbocycles. The van der Waals surface area contributed by atoms with E-state index in [-0.39, 0.29) is 21.6 Å². The number of hydrogen-bond acceptors (Lipinski definition) is 3. The van der Waals surface area contributed by atoms with E-state index >= 15 is 0 Å². The highest BCUT2D eigenvalue weighted by Crippen LogP contribution is 2.37. The highest BCUT2D eigenvalue weighted by Gasteiger charge is 2.33. The maximum absolute atomic E-state index is 12.9. The molecule has 1 atom stereocenters. The molecule has 3 nitrogen and oxygen atoms in total. The molecule has 1 N–H and O–H groups in total. The predicted octanol–water partition coefficient (Wildman–Crippen LogP) is 5.68. The lowest BCUT2D eigenvalue weighted by molar-refractivity contribution is -0.137. The molecule has 0 spiro atoms. The van der Waals surface area contributed by atoms with E-state index in [9.17, 15) is 22.8 Å². The van der Waals surface area contributed by atoms with Crippen molar-refractivity contribution in [2.75, 3.05) is 5.32 Å². The lowest BCUT2D eigenvalue weighted by Gasteiger charge is -2.14. The van der Waals surface area contributed by atoms with E-state index in [1.54, 1.807) is 31.2 Å². The number of benzene rings is 2. The topological polar surface area (TPSA) is 46.2 Å². The van der Waals surface area contributed by atoms with E-state index in [0.717, 1.165) is 23.9 Å². The van der Waals surface area contributed by atoms with Crippen LogP contribution in [0, 0.1) is 0 Å². The predicted molar refractivity (Wildman–Crippen MR) is 96.8 cm³/mol. The van der Waals surface area contributed by atoms with Gasteiger partial charge in [-0.3, -0.25) is 9.59 Å². The van der Waals surface area contributed by atoms with Gasteiger partial charge >= 0.3 is 6.18 Å². The maximum atomic E-state index is 12.9. The number of carbonyl (C=O) groups excluding carboxylic acids is 2. The Kier molecular flexibility index (Phi) is 6.36. The van der Waals surface area contributed by atoms with Crippen LogP contribution in [0.4, 0.5) is 18.9 Å². The molecule has 26 heavy (non-hydrogen) atoms. The summed E-state index contributed by atoms with van der Waals surface area (Å²) in [4.78, 5) is 23.8. The van der Waals surface area contributed by atoms with Gasteiger partial charge in [0.2, 0.25) is 5.91 Å². The third-order valence-corrected chi connectivity index (χ3v) is 4.91. The average Bonchev–Trinajstić information content (AvgIpc) is 2.56. The van der Waals surface area contributed by atoms with Crippen molar-refractivity contribution in [2.24, 2.45) is 0 Å². The third-order valence-electron chi connectivity index (χ3n) is 3.48. The largest absolute Gasteiger partial charge is 0.417 e. The summed E-state index contributed by atoms with van der Waals surface area (Å²) < 4.78 is 38.7. The van der Waals surface area contributed by atoms with E-state index in [4.69, 9.17) is 11.6 Å². The SMILES string of the molecule is CC(=O)c1ccc(NC(=O)C(C)Sc2ccc(Cl)c(C(F)(F)F)c2)cc1. The number of halogens is 4. The van der Waals surface area contributed by atoms with Gasteiger partial charge in [-0.05, 0) is 56.3 Å². The summed E-state index contributed by atoms with van der Waals surface area (Å²) in [7, 11) is 0. The van der Waals surface area contributed by atoms with Crippen LogP contribution < -0.4 is 5.32 Å². The first-order valence-corrected chi connectivity index (χ1v) is 8.79. The molecule has 0 aliphatic rings. The summed E-state index contributed by atoms with van der Waals surface area (Å²) in [6.07, 6.45) is -4.56. The minimum Gasteiger partial charge on any atom is -0.325 e. The van der Waals surface area contributed by atoms with Crippen LogP contribution in [0.5, 0.6) is 0 Å². The van der Waals surface area contributed by atoms with E-state index < -0.39 is 17.0 Å². The van der Waals surface area contributed by atoms with E-state index in [2.05, 4.69) is 5.32 Å². The van der Waals surface area contributed by atoms with Gasteiger partial charge in [-0.1, -0.05) is 11.6 Å². The van der Waals surface area contributed by atoms with Crippen molar-refractivity contribution in [3.8, 4) is 0 Å². The quantitative estimate of drug-likeness (QED) is 0.517. The van der Waals surface area contributed by atoms with Crippen LogP contribution in [-0.2, 0) is 11.0 Å². The zero-order chi connectivity index (χ0) is 19.5. The van der Waals surface area contributed by atoms with Crippen LogP contribution in [-0.4, -0.2) is 16.9 Å². The average molecular weight is 402 g/mol. The Morgan fingerprint density at radius 3 is 2.27 bits per heavy atom. The van der Waals surface area contributed by atoms with Crippen LogP contribution in [0.2, 0.25) is 5.02 Å². The first-order chi connectivity index (χ1) is 12.1. The summed E-state index contributed by atoms with van der Waals surface area (Å²) in [5.41, 5.74) is 0.0856. The number of anilines is 1. The Labute approximate surface area is 157 Å². The number of amides is 1. The number of rotatable bonds is 5. The van der Waals surface area contributed by atoms with Gasteiger partial charge in [-0.15, -0.1) is 11.8 Å². The molecule has 2 rings (SSSR count). The normalized spacial score (nSPS) is 12.5. The van der Waals surface area contributed by atoms with Gasteiger partial charge in [-0.2, -0.15) is 13.2 Å². The Balaban J connectivity index is 2.06. The molecule has 1 unspecified atom stereocenters. The number of hydrogen-bond donors (Lipinski definition) is 1. The van der Waals surface area contributed by atoms with Crippen molar-refractivity contribution in [2.45, 2.75) is 30.2 Å². The first-order valence-electron chi connectivity index (χ1n) is 7.53. The lowest BCUT2D eigenvalue weighted by atomic mass is 10.1. The molecule has 0 radical (unpaired) electrons. The first kappa shape index (κ1) is 20.3. The molecule has 0 aliphatic heterocycles. The van der Waals surface area contributed by atoms with E-state index in [0.29, 0.717) is 11.3 Å². The third kappa shape index (κ3) is 5.25. The number of thioether (sulfide) groups is 1. The van der Waals surface area contributed by atoms with Crippen LogP contribution in [0.3, 0.4) is 0 Å². The molecule has 0 fully saturated rings. The van der Waals surface area contributed by atoms with Gasteiger partial charge in [0.05, 0.1) is 15.8 Å². The number of alkyl halides is 3. The van der Waals surface area contributed by atoms with Gasteiger partial charge in [0.25, 0.3) is 0 Å². The summed E-state index contributed by atoms with van der Waals surface area (Å²) >= 11 is 6.58. The molecule has 0 saturated carbocycles. The van der Waals surface area contributed by atoms with Crippen LogP contribution >= 0.6 is 23.4 Å². The Bertz CT molecular complexity index is 822. The van der Waals surface area contributed by atoms with Crippen molar-refractivity contribution in [3.63, 3.8) is 0 Å². The van der Waals surface area contributed by atoms with Crippen molar-refractivity contribution >= 4 is 40.7 Å². The summed E-state index contributed by atoms with van der Waals surface area (Å²) in [5.74, 6) is -0.455. The molecule has 2 aromatic carbocycles. The molecule has 0 saturated heterocycles. The van der Waals surface area contributed by atoms with Crippen molar-refractivity contribution in [1.29, 1.82) is 0 Å². The molecule has 2 aromatic rings. The van der Waals surface area contributed by atoms with Crippen LogP contribution in [0.1, 0.15) is 29.8 Å². The molecular weight excluding hydrogens is 387 g/mol. The molecule has 0 aromatic heterocycles. The summed E-state index contributed by atoms with van der Waals surface area (Å²) in [5, 5.41) is 1.65. The maximum Gasteiger partial charge on any atom is 0.417 e. The number of ketones is 1. The molecule has 138 valence electrons. The Hall–Kier alpha value is -1.99. The van der Waals surface area contributed by atoms with Gasteiger partial charge < -0.3 is 5.32 Å². The number of Topliss-reactive ketones (excluding diaryl/α,β-unsaturated/α-hetero) is 1. The molecule has 0 heterocycles. The Morgan fingerprint density at radius 2 is 1.73 bits per heavy atom. The zero-order valence-corrected chi connectivity index (χ0v) is 15.4. The van der Waals surface area contributed by atoms with Crippen LogP contribution in [0.15, 0.2) is 47.4 Å². The van der Waals surface area contributed by atoms with E-state index in [1.165, 1.54) is 13.0 Å². The van der Waals surface area contributed by atoms with Crippen molar-refractivity contribution in [3.05, 3.63) is 58.6 Å². The second kappa shape index (κ2) is 8.14. The fraction of sp³-hybridized carbons (Fsp3) is 0.222. The highest BCUT2D eigenvalue weighted by atomic mass is 35.5. The zero-order valence-electron chi connectivity index (χ0n) is 13.9. The van der Waals surface area contributed by atoms with E-state index in [1.807, 2.05) is 0 Å². The Morgan fingerprint density at radius 1 is 1.12 bits per heavy atom. The summed E-state index contributed by atoms with van der Waals surface area (Å²) in [6, 6.07) is 9.89. The van der Waals surface area contributed by atoms with Crippen LogP contribution in [0.25, 0.3) is 0 Å². The van der Waals surface area contributed by atoms with Crippen molar-refractivity contribution in [1.82, 2.24) is 0 Å². The fourth-order valence-electron chi connectivity index (χ4n) is 2.08. The molecular formula is C18H15ClF3NO2S. The van der Waals surface area contributed by atoms with Gasteiger partial charge in [0, 0.05) is 16.1 Å². The standard InChI is InChI=1S/C18H15ClF3NO2S/c1-10(24)12-3-5-13(6-4-12)23-17(25)11(2)26-14-7-8-16(19)15(9-14)18(20,21)22/h3-9,11H,1-2H3,(H,23,25). The van der Waals surface area contributed by atoms with Gasteiger partial charge in [0.15, 0.2) is 5.78 Å². The lowest BCUT2D eigenvalue weighted by Crippen LogP contribution is -2.22. The molecule has 1 amide bonds. The van der Waals surface area contributed by atoms with Gasteiger partial charge in [-0.25, -0.2) is 0 Å². The molecule has 8 heteroatoms. The fourth-order valence-corrected chi connectivity index (χ4v) is 3.22. The minimum absolute atomic E-state index is 0.0880. The molecule has 0 bridgehead atoms. The van der Waals surface area contributed by atoms with Crippen molar-refractivity contribution < 1.29 is 22.8 Å². The second-order valence-corrected chi connectivity index (χ2v) is 7.34. The summed E-state index contributed by atoms with van der Waals surface area (Å²) in [6.45, 7) is 3.03.